The minimum Gasteiger partial charge on any atom is -0.493 e. The molecule has 1 aromatic carbocycles. The van der Waals surface area contributed by atoms with Crippen LogP contribution in [0.2, 0.25) is 0 Å². The van der Waals surface area contributed by atoms with Gasteiger partial charge >= 0.3 is 5.97 Å². The van der Waals surface area contributed by atoms with Crippen molar-refractivity contribution in [2.24, 2.45) is 0 Å². The summed E-state index contributed by atoms with van der Waals surface area (Å²) in [6.07, 6.45) is 1.03. The second-order valence-electron chi connectivity index (χ2n) is 5.92. The quantitative estimate of drug-likeness (QED) is 0.700. The maximum absolute atomic E-state index is 12.5. The van der Waals surface area contributed by atoms with E-state index in [4.69, 9.17) is 19.3 Å². The number of Topliss-reactive ketones (excluding diaryl/α,β-unsaturated/α-hetero) is 1. The van der Waals surface area contributed by atoms with Gasteiger partial charge in [0.2, 0.25) is 11.7 Å². The SMILES string of the molecule is COc1cc(C(=O)CCC(=O)N2CCC[C@H]2C(=O)O)cc(OC)c1OC. The molecule has 142 valence electrons. The number of carbonyl (C=O) groups is 3. The van der Waals surface area contributed by atoms with Gasteiger partial charge < -0.3 is 24.2 Å². The molecule has 8 heteroatoms. The predicted octanol–water partition coefficient (Wildman–Crippen LogP) is 1.75. The number of hydrogen-bond acceptors (Lipinski definition) is 6. The minimum atomic E-state index is -1.01. The Morgan fingerprint density at radius 2 is 1.69 bits per heavy atom. The monoisotopic (exact) mass is 365 g/mol. The van der Waals surface area contributed by atoms with E-state index in [0.29, 0.717) is 42.2 Å². The van der Waals surface area contributed by atoms with E-state index in [1.807, 2.05) is 0 Å². The lowest BCUT2D eigenvalue weighted by Gasteiger charge is -2.21. The minimum absolute atomic E-state index is 0.0275. The summed E-state index contributed by atoms with van der Waals surface area (Å²) in [6.45, 7) is 0.411. The van der Waals surface area contributed by atoms with Crippen LogP contribution in [0.5, 0.6) is 17.2 Å². The molecule has 26 heavy (non-hydrogen) atoms. The molecule has 1 heterocycles. The van der Waals surface area contributed by atoms with Gasteiger partial charge in [-0.25, -0.2) is 4.79 Å². The first-order valence-electron chi connectivity index (χ1n) is 8.28. The molecule has 2 rings (SSSR count). The first-order chi connectivity index (χ1) is 12.4. The van der Waals surface area contributed by atoms with Crippen molar-refractivity contribution in [3.8, 4) is 17.2 Å². The van der Waals surface area contributed by atoms with Crippen LogP contribution in [0.1, 0.15) is 36.0 Å². The Labute approximate surface area is 151 Å². The third kappa shape index (κ3) is 4.07. The summed E-state index contributed by atoms with van der Waals surface area (Å²) in [6, 6.07) is 2.27. The maximum Gasteiger partial charge on any atom is 0.326 e. The molecule has 0 aliphatic carbocycles. The van der Waals surface area contributed by atoms with Gasteiger partial charge in [0.15, 0.2) is 17.3 Å². The highest BCUT2D eigenvalue weighted by Crippen LogP contribution is 2.38. The molecular weight excluding hydrogens is 342 g/mol. The molecule has 0 spiro atoms. The molecule has 1 atom stereocenters. The topological polar surface area (TPSA) is 102 Å². The third-order valence-electron chi connectivity index (χ3n) is 4.41. The van der Waals surface area contributed by atoms with Crippen LogP contribution < -0.4 is 14.2 Å². The van der Waals surface area contributed by atoms with E-state index in [9.17, 15) is 14.4 Å². The Bertz CT molecular complexity index is 676. The normalized spacial score (nSPS) is 16.3. The average molecular weight is 365 g/mol. The van der Waals surface area contributed by atoms with Crippen LogP contribution in [-0.4, -0.2) is 61.6 Å². The van der Waals surface area contributed by atoms with Crippen LogP contribution >= 0.6 is 0 Å². The molecule has 0 unspecified atom stereocenters. The Hall–Kier alpha value is -2.77. The summed E-state index contributed by atoms with van der Waals surface area (Å²) < 4.78 is 15.7. The second kappa shape index (κ2) is 8.55. The number of methoxy groups -OCH3 is 3. The summed E-state index contributed by atoms with van der Waals surface area (Å²) in [4.78, 5) is 37.3. The van der Waals surface area contributed by atoms with Crippen molar-refractivity contribution in [3.63, 3.8) is 0 Å². The van der Waals surface area contributed by atoms with Gasteiger partial charge in [-0.3, -0.25) is 9.59 Å². The standard InChI is InChI=1S/C18H23NO7/c1-24-14-9-11(10-15(25-2)17(14)26-3)13(20)6-7-16(21)19-8-4-5-12(19)18(22)23/h9-10,12H,4-8H2,1-3H3,(H,22,23)/t12-/m0/s1. The lowest BCUT2D eigenvalue weighted by molar-refractivity contribution is -0.148. The van der Waals surface area contributed by atoms with Crippen molar-refractivity contribution in [1.29, 1.82) is 0 Å². The highest BCUT2D eigenvalue weighted by molar-refractivity contribution is 5.99. The predicted molar refractivity (Wildman–Crippen MR) is 92.0 cm³/mol. The van der Waals surface area contributed by atoms with Crippen LogP contribution in [0.4, 0.5) is 0 Å². The fourth-order valence-corrected chi connectivity index (χ4v) is 3.07. The van der Waals surface area contributed by atoms with E-state index >= 15 is 0 Å². The van der Waals surface area contributed by atoms with Gasteiger partial charge in [0, 0.05) is 24.9 Å². The molecule has 1 aliphatic rings. The van der Waals surface area contributed by atoms with Crippen molar-refractivity contribution >= 4 is 17.7 Å². The van der Waals surface area contributed by atoms with Gasteiger partial charge in [0.25, 0.3) is 0 Å². The smallest absolute Gasteiger partial charge is 0.326 e. The fraction of sp³-hybridized carbons (Fsp3) is 0.500. The number of nitrogens with zero attached hydrogens (tertiary/aromatic N) is 1. The zero-order chi connectivity index (χ0) is 19.3. The fourth-order valence-electron chi connectivity index (χ4n) is 3.07. The molecule has 8 nitrogen and oxygen atoms in total. The molecule has 1 amide bonds. The van der Waals surface area contributed by atoms with Crippen molar-refractivity contribution in [2.75, 3.05) is 27.9 Å². The molecule has 1 saturated heterocycles. The number of rotatable bonds is 8. The maximum atomic E-state index is 12.5. The largest absolute Gasteiger partial charge is 0.493 e. The molecule has 1 aliphatic heterocycles. The summed E-state index contributed by atoms with van der Waals surface area (Å²) in [5, 5.41) is 9.15. The van der Waals surface area contributed by atoms with Crippen LogP contribution in [0.15, 0.2) is 12.1 Å². The van der Waals surface area contributed by atoms with Crippen molar-refractivity contribution in [3.05, 3.63) is 17.7 Å². The number of amides is 1. The number of ether oxygens (including phenoxy) is 3. The van der Waals surface area contributed by atoms with E-state index in [-0.39, 0.29) is 24.5 Å². The summed E-state index contributed by atoms with van der Waals surface area (Å²) >= 11 is 0. The van der Waals surface area contributed by atoms with Gasteiger partial charge in [-0.1, -0.05) is 0 Å². The Morgan fingerprint density at radius 1 is 1.08 bits per heavy atom. The lowest BCUT2D eigenvalue weighted by atomic mass is 10.0. The number of aliphatic carboxylic acids is 1. The number of carboxylic acid groups (broad SMARTS) is 1. The van der Waals surface area contributed by atoms with Crippen LogP contribution in [0.25, 0.3) is 0 Å². The van der Waals surface area contributed by atoms with Gasteiger partial charge in [-0.2, -0.15) is 0 Å². The average Bonchev–Trinajstić information content (AvgIpc) is 3.14. The van der Waals surface area contributed by atoms with Gasteiger partial charge in [-0.05, 0) is 25.0 Å². The molecule has 0 radical (unpaired) electrons. The Kier molecular flexibility index (Phi) is 6.43. The summed E-state index contributed by atoms with van der Waals surface area (Å²) in [7, 11) is 4.37. The third-order valence-corrected chi connectivity index (χ3v) is 4.41. The number of carbonyl (C=O) groups excluding carboxylic acids is 2. The zero-order valence-corrected chi connectivity index (χ0v) is 15.1. The van der Waals surface area contributed by atoms with E-state index in [2.05, 4.69) is 0 Å². The molecule has 1 aromatic rings. The highest BCUT2D eigenvalue weighted by Gasteiger charge is 2.33. The molecule has 0 aromatic heterocycles. The first kappa shape index (κ1) is 19.6. The molecule has 0 bridgehead atoms. The number of carboxylic acids is 1. The number of benzene rings is 1. The lowest BCUT2D eigenvalue weighted by Crippen LogP contribution is -2.40. The number of likely N-dealkylation sites (tertiary alicyclic amines) is 1. The van der Waals surface area contributed by atoms with Crippen molar-refractivity contribution in [1.82, 2.24) is 4.90 Å². The van der Waals surface area contributed by atoms with Crippen molar-refractivity contribution in [2.45, 2.75) is 31.7 Å². The Morgan fingerprint density at radius 3 is 2.19 bits per heavy atom. The van der Waals surface area contributed by atoms with E-state index in [0.717, 1.165) is 0 Å². The summed E-state index contributed by atoms with van der Waals surface area (Å²) in [5.74, 6) is -0.505. The second-order valence-corrected chi connectivity index (χ2v) is 5.92. The number of ketones is 1. The Balaban J connectivity index is 2.08. The van der Waals surface area contributed by atoms with E-state index < -0.39 is 12.0 Å². The first-order valence-corrected chi connectivity index (χ1v) is 8.28. The zero-order valence-electron chi connectivity index (χ0n) is 15.1. The van der Waals surface area contributed by atoms with Gasteiger partial charge in [-0.15, -0.1) is 0 Å². The molecule has 1 fully saturated rings. The highest BCUT2D eigenvalue weighted by atomic mass is 16.5. The van der Waals surface area contributed by atoms with Crippen LogP contribution in [0, 0.1) is 0 Å². The molecule has 0 saturated carbocycles. The molecule has 1 N–H and O–H groups in total. The van der Waals surface area contributed by atoms with E-state index in [1.54, 1.807) is 0 Å². The number of hydrogen-bond donors (Lipinski definition) is 1. The van der Waals surface area contributed by atoms with E-state index in [1.165, 1.54) is 38.4 Å². The summed E-state index contributed by atoms with van der Waals surface area (Å²) in [5.41, 5.74) is 0.337. The van der Waals surface area contributed by atoms with Crippen LogP contribution in [-0.2, 0) is 9.59 Å². The van der Waals surface area contributed by atoms with Crippen molar-refractivity contribution < 1.29 is 33.7 Å². The van der Waals surface area contributed by atoms with Gasteiger partial charge in [0.05, 0.1) is 21.3 Å². The molecular formula is C18H23NO7. The van der Waals surface area contributed by atoms with Crippen LogP contribution in [0.3, 0.4) is 0 Å². The van der Waals surface area contributed by atoms with Gasteiger partial charge in [0.1, 0.15) is 6.04 Å².